The lowest BCUT2D eigenvalue weighted by Gasteiger charge is -2.18. The van der Waals surface area contributed by atoms with Crippen molar-refractivity contribution in [3.05, 3.63) is 27.7 Å². The molecule has 1 aromatic rings. The molecule has 0 aromatic heterocycles. The summed E-state index contributed by atoms with van der Waals surface area (Å²) in [5, 5.41) is 8.69. The predicted octanol–water partition coefficient (Wildman–Crippen LogP) is 3.11. The minimum Gasteiger partial charge on any atom is -0.478 e. The molecule has 0 aliphatic heterocycles. The first kappa shape index (κ1) is 17.2. The molecule has 8 heteroatoms. The molecule has 0 bridgehead atoms. The van der Waals surface area contributed by atoms with E-state index in [2.05, 4.69) is 0 Å². The minimum absolute atomic E-state index is 0.00858. The van der Waals surface area contributed by atoms with Crippen LogP contribution in [0.5, 0.6) is 0 Å². The minimum atomic E-state index is -3.87. The quantitative estimate of drug-likeness (QED) is 0.863. The molecule has 0 saturated heterocycles. The standard InChI is InChI=1S/C12H15Cl2NO4S/c1-3-4-5-15(2)20(18,19)10-7-8(13)6-9(11(10)14)12(16)17/h6-7H,3-5H2,1-2H3,(H,16,17). The summed E-state index contributed by atoms with van der Waals surface area (Å²) in [5.74, 6) is -1.33. The van der Waals surface area contributed by atoms with Crippen molar-refractivity contribution in [3.8, 4) is 0 Å². The molecule has 0 fully saturated rings. The summed E-state index contributed by atoms with van der Waals surface area (Å²) in [6, 6.07) is 2.28. The molecule has 0 spiro atoms. The van der Waals surface area contributed by atoms with Gasteiger partial charge in [0.05, 0.1) is 10.6 Å². The van der Waals surface area contributed by atoms with Crippen LogP contribution in [0.4, 0.5) is 0 Å². The number of halogens is 2. The molecule has 0 aliphatic carbocycles. The van der Waals surface area contributed by atoms with Crippen LogP contribution in [0.3, 0.4) is 0 Å². The fraction of sp³-hybridized carbons (Fsp3) is 0.417. The maximum Gasteiger partial charge on any atom is 0.337 e. The van der Waals surface area contributed by atoms with Crippen molar-refractivity contribution in [2.75, 3.05) is 13.6 Å². The fourth-order valence-corrected chi connectivity index (χ4v) is 3.66. The zero-order valence-corrected chi connectivity index (χ0v) is 13.4. The lowest BCUT2D eigenvalue weighted by molar-refractivity contribution is 0.0697. The molecule has 112 valence electrons. The van der Waals surface area contributed by atoms with Gasteiger partial charge in [0.1, 0.15) is 4.90 Å². The van der Waals surface area contributed by atoms with Crippen molar-refractivity contribution in [1.82, 2.24) is 4.31 Å². The smallest absolute Gasteiger partial charge is 0.337 e. The van der Waals surface area contributed by atoms with E-state index < -0.39 is 16.0 Å². The van der Waals surface area contributed by atoms with E-state index in [1.54, 1.807) is 0 Å². The van der Waals surface area contributed by atoms with Crippen LogP contribution >= 0.6 is 23.2 Å². The van der Waals surface area contributed by atoms with E-state index in [-0.39, 0.29) is 20.5 Å². The molecule has 5 nitrogen and oxygen atoms in total. The number of sulfonamides is 1. The summed E-state index contributed by atoms with van der Waals surface area (Å²) < 4.78 is 25.9. The largest absolute Gasteiger partial charge is 0.478 e. The number of rotatable bonds is 6. The highest BCUT2D eigenvalue weighted by Gasteiger charge is 2.27. The Morgan fingerprint density at radius 3 is 2.45 bits per heavy atom. The van der Waals surface area contributed by atoms with Crippen LogP contribution in [0.25, 0.3) is 0 Å². The highest BCUT2D eigenvalue weighted by Crippen LogP contribution is 2.31. The molecule has 1 aromatic carbocycles. The van der Waals surface area contributed by atoms with E-state index in [1.165, 1.54) is 7.05 Å². The van der Waals surface area contributed by atoms with Crippen LogP contribution in [-0.2, 0) is 10.0 Å². The average molecular weight is 340 g/mol. The van der Waals surface area contributed by atoms with Gasteiger partial charge in [-0.1, -0.05) is 36.5 Å². The number of carboxylic acids is 1. The Bertz CT molecular complexity index is 616. The molecule has 0 heterocycles. The zero-order valence-electron chi connectivity index (χ0n) is 11.1. The maximum absolute atomic E-state index is 12.4. The van der Waals surface area contributed by atoms with Crippen LogP contribution in [0.1, 0.15) is 30.1 Å². The Kier molecular flexibility index (Phi) is 5.82. The van der Waals surface area contributed by atoms with Crippen molar-refractivity contribution in [2.24, 2.45) is 0 Å². The number of nitrogens with zero attached hydrogens (tertiary/aromatic N) is 1. The third kappa shape index (κ3) is 3.63. The average Bonchev–Trinajstić information content (AvgIpc) is 2.37. The first-order valence-electron chi connectivity index (χ1n) is 5.90. The topological polar surface area (TPSA) is 74.7 Å². The van der Waals surface area contributed by atoms with Gasteiger partial charge in [-0.3, -0.25) is 0 Å². The van der Waals surface area contributed by atoms with Gasteiger partial charge < -0.3 is 5.11 Å². The van der Waals surface area contributed by atoms with Crippen LogP contribution < -0.4 is 0 Å². The summed E-state index contributed by atoms with van der Waals surface area (Å²) in [4.78, 5) is 10.8. The first-order valence-corrected chi connectivity index (χ1v) is 8.10. The second-order valence-corrected chi connectivity index (χ2v) is 7.08. The molecule has 0 aliphatic rings. The van der Waals surface area contributed by atoms with E-state index in [1.807, 2.05) is 6.92 Å². The summed E-state index contributed by atoms with van der Waals surface area (Å²) >= 11 is 11.7. The lowest BCUT2D eigenvalue weighted by Crippen LogP contribution is -2.28. The Hall–Kier alpha value is -0.820. The van der Waals surface area contributed by atoms with Crippen molar-refractivity contribution < 1.29 is 18.3 Å². The van der Waals surface area contributed by atoms with Crippen LogP contribution in [0.2, 0.25) is 10.0 Å². The van der Waals surface area contributed by atoms with Crippen LogP contribution in [0, 0.1) is 0 Å². The fourth-order valence-electron chi connectivity index (χ4n) is 1.58. The van der Waals surface area contributed by atoms with Crippen molar-refractivity contribution in [2.45, 2.75) is 24.7 Å². The Morgan fingerprint density at radius 2 is 1.95 bits per heavy atom. The zero-order chi connectivity index (χ0) is 15.5. The third-order valence-electron chi connectivity index (χ3n) is 2.75. The molecule has 0 amide bonds. The molecule has 0 atom stereocenters. The number of unbranched alkanes of at least 4 members (excludes halogenated alkanes) is 1. The van der Waals surface area contributed by atoms with Gasteiger partial charge in [-0.2, -0.15) is 0 Å². The molecule has 0 unspecified atom stereocenters. The van der Waals surface area contributed by atoms with Gasteiger partial charge in [0.25, 0.3) is 0 Å². The van der Waals surface area contributed by atoms with Crippen LogP contribution in [0.15, 0.2) is 17.0 Å². The van der Waals surface area contributed by atoms with Gasteiger partial charge in [0.15, 0.2) is 0 Å². The van der Waals surface area contributed by atoms with E-state index in [4.69, 9.17) is 28.3 Å². The summed E-state index contributed by atoms with van der Waals surface area (Å²) in [6.07, 6.45) is 1.53. The molecule has 0 saturated carbocycles. The lowest BCUT2D eigenvalue weighted by atomic mass is 10.2. The SMILES string of the molecule is CCCCN(C)S(=O)(=O)c1cc(Cl)cc(C(=O)O)c1Cl. The monoisotopic (exact) mass is 339 g/mol. The molecule has 1 rings (SSSR count). The Balaban J connectivity index is 3.35. The maximum atomic E-state index is 12.4. The van der Waals surface area contributed by atoms with Gasteiger partial charge >= 0.3 is 5.97 Å². The number of benzene rings is 1. The molecule has 20 heavy (non-hydrogen) atoms. The normalized spacial score (nSPS) is 11.8. The van der Waals surface area contributed by atoms with Gasteiger partial charge in [0, 0.05) is 18.6 Å². The second-order valence-electron chi connectivity index (χ2n) is 4.25. The first-order chi connectivity index (χ1) is 9.21. The van der Waals surface area contributed by atoms with Crippen molar-refractivity contribution in [3.63, 3.8) is 0 Å². The molecular formula is C12H15Cl2NO4S. The highest BCUT2D eigenvalue weighted by molar-refractivity contribution is 7.89. The van der Waals surface area contributed by atoms with Gasteiger partial charge in [-0.05, 0) is 18.6 Å². The molecule has 0 radical (unpaired) electrons. The second kappa shape index (κ2) is 6.76. The third-order valence-corrected chi connectivity index (χ3v) is 5.37. The van der Waals surface area contributed by atoms with E-state index in [9.17, 15) is 13.2 Å². The summed E-state index contributed by atoms with van der Waals surface area (Å²) in [6.45, 7) is 2.26. The molecular weight excluding hydrogens is 325 g/mol. The molecule has 1 N–H and O–H groups in total. The van der Waals surface area contributed by atoms with Crippen LogP contribution in [-0.4, -0.2) is 37.4 Å². The van der Waals surface area contributed by atoms with E-state index in [0.29, 0.717) is 13.0 Å². The Morgan fingerprint density at radius 1 is 1.35 bits per heavy atom. The van der Waals surface area contributed by atoms with E-state index >= 15 is 0 Å². The summed E-state index contributed by atoms with van der Waals surface area (Å²) in [5.41, 5.74) is -0.332. The van der Waals surface area contributed by atoms with Crippen molar-refractivity contribution in [1.29, 1.82) is 0 Å². The highest BCUT2D eigenvalue weighted by atomic mass is 35.5. The number of carbonyl (C=O) groups is 1. The number of carboxylic acid groups (broad SMARTS) is 1. The van der Waals surface area contributed by atoms with Crippen molar-refractivity contribution >= 4 is 39.2 Å². The number of hydrogen-bond acceptors (Lipinski definition) is 3. The van der Waals surface area contributed by atoms with Gasteiger partial charge in [-0.15, -0.1) is 0 Å². The number of hydrogen-bond donors (Lipinski definition) is 1. The van der Waals surface area contributed by atoms with Gasteiger partial charge in [-0.25, -0.2) is 17.5 Å². The number of aromatic carboxylic acids is 1. The predicted molar refractivity (Wildman–Crippen MR) is 78.1 cm³/mol. The van der Waals surface area contributed by atoms with Gasteiger partial charge in [0.2, 0.25) is 10.0 Å². The van der Waals surface area contributed by atoms with E-state index in [0.717, 1.165) is 22.9 Å². The Labute approximate surface area is 128 Å². The summed E-state index contributed by atoms with van der Waals surface area (Å²) in [7, 11) is -2.45.